The highest BCUT2D eigenvalue weighted by Gasteiger charge is 2.21. The molecule has 0 atom stereocenters. The van der Waals surface area contributed by atoms with Crippen molar-refractivity contribution in [3.8, 4) is 0 Å². The number of sulfonamides is 1. The lowest BCUT2D eigenvalue weighted by molar-refractivity contribution is 0.385. The van der Waals surface area contributed by atoms with Crippen LogP contribution in [-0.2, 0) is 16.6 Å². The number of para-hydroxylation sites is 1. The van der Waals surface area contributed by atoms with Gasteiger partial charge in [-0.15, -0.1) is 0 Å². The predicted molar refractivity (Wildman–Crippen MR) is 83.2 cm³/mol. The molecule has 1 fully saturated rings. The minimum Gasteiger partial charge on any atom is -0.316 e. The lowest BCUT2D eigenvalue weighted by atomic mass is 9.91. The van der Waals surface area contributed by atoms with Crippen LogP contribution in [0.3, 0.4) is 0 Å². The topological polar surface area (TPSA) is 58.2 Å². The van der Waals surface area contributed by atoms with Crippen LogP contribution in [0.2, 0.25) is 0 Å². The van der Waals surface area contributed by atoms with Crippen molar-refractivity contribution in [3.63, 3.8) is 0 Å². The predicted octanol–water partition coefficient (Wildman–Crippen LogP) is 2.73. The van der Waals surface area contributed by atoms with E-state index in [-0.39, 0.29) is 5.75 Å². The molecule has 1 aromatic rings. The Hall–Kier alpha value is -1.07. The van der Waals surface area contributed by atoms with Gasteiger partial charge in [-0.25, -0.2) is 8.42 Å². The van der Waals surface area contributed by atoms with Crippen LogP contribution in [0.5, 0.6) is 0 Å². The van der Waals surface area contributed by atoms with Crippen molar-refractivity contribution in [1.29, 1.82) is 0 Å². The van der Waals surface area contributed by atoms with Gasteiger partial charge in [0.15, 0.2) is 0 Å². The first-order valence-electron chi connectivity index (χ1n) is 7.34. The van der Waals surface area contributed by atoms with E-state index in [9.17, 15) is 8.42 Å². The molecule has 2 N–H and O–H groups in total. The van der Waals surface area contributed by atoms with E-state index >= 15 is 0 Å². The summed E-state index contributed by atoms with van der Waals surface area (Å²) >= 11 is 0. The van der Waals surface area contributed by atoms with Crippen LogP contribution in [0.25, 0.3) is 0 Å². The van der Waals surface area contributed by atoms with Gasteiger partial charge in [-0.2, -0.15) is 0 Å². The second-order valence-corrected chi connectivity index (χ2v) is 7.34. The smallest absolute Gasteiger partial charge is 0.233 e. The van der Waals surface area contributed by atoms with Crippen LogP contribution in [0.1, 0.15) is 37.7 Å². The monoisotopic (exact) mass is 296 g/mol. The lowest BCUT2D eigenvalue weighted by Crippen LogP contribution is -2.25. The van der Waals surface area contributed by atoms with E-state index in [1.807, 2.05) is 31.3 Å². The third kappa shape index (κ3) is 4.49. The summed E-state index contributed by atoms with van der Waals surface area (Å²) in [4.78, 5) is 0. The largest absolute Gasteiger partial charge is 0.316 e. The number of nitrogens with one attached hydrogen (secondary N) is 2. The number of anilines is 1. The molecule has 0 amide bonds. The maximum Gasteiger partial charge on any atom is 0.233 e. The molecule has 4 nitrogen and oxygen atoms in total. The Morgan fingerprint density at radius 3 is 2.55 bits per heavy atom. The van der Waals surface area contributed by atoms with Gasteiger partial charge in [-0.05, 0) is 37.4 Å². The molecule has 1 aliphatic carbocycles. The lowest BCUT2D eigenvalue weighted by Gasteiger charge is -2.22. The summed E-state index contributed by atoms with van der Waals surface area (Å²) < 4.78 is 27.3. The normalized spacial score (nSPS) is 17.1. The molecule has 0 radical (unpaired) electrons. The van der Waals surface area contributed by atoms with Crippen LogP contribution in [0.15, 0.2) is 24.3 Å². The van der Waals surface area contributed by atoms with E-state index < -0.39 is 10.0 Å². The third-order valence-corrected chi connectivity index (χ3v) is 5.27. The summed E-state index contributed by atoms with van der Waals surface area (Å²) in [5.41, 5.74) is 1.67. The van der Waals surface area contributed by atoms with Crippen molar-refractivity contribution in [3.05, 3.63) is 29.8 Å². The van der Waals surface area contributed by atoms with Crippen molar-refractivity contribution < 1.29 is 8.42 Å². The Morgan fingerprint density at radius 1 is 1.15 bits per heavy atom. The SMILES string of the molecule is CNCc1ccccc1NS(=O)(=O)CC1CCCCC1. The van der Waals surface area contributed by atoms with Gasteiger partial charge in [0.1, 0.15) is 0 Å². The molecule has 5 heteroatoms. The van der Waals surface area contributed by atoms with Crippen LogP contribution in [0.4, 0.5) is 5.69 Å². The van der Waals surface area contributed by atoms with Crippen molar-refractivity contribution in [2.75, 3.05) is 17.5 Å². The Labute approximate surface area is 122 Å². The molecule has 2 rings (SSSR count). The van der Waals surface area contributed by atoms with E-state index in [4.69, 9.17) is 0 Å². The third-order valence-electron chi connectivity index (χ3n) is 3.83. The summed E-state index contributed by atoms with van der Waals surface area (Å²) in [6.07, 6.45) is 5.65. The summed E-state index contributed by atoms with van der Waals surface area (Å²) in [7, 11) is -1.40. The van der Waals surface area contributed by atoms with Gasteiger partial charge < -0.3 is 5.32 Å². The molecule has 0 saturated heterocycles. The van der Waals surface area contributed by atoms with Gasteiger partial charge in [-0.3, -0.25) is 4.72 Å². The highest BCUT2D eigenvalue weighted by atomic mass is 32.2. The number of rotatable bonds is 6. The van der Waals surface area contributed by atoms with E-state index in [1.54, 1.807) is 0 Å². The molecular formula is C15H24N2O2S. The van der Waals surface area contributed by atoms with Gasteiger partial charge in [0, 0.05) is 6.54 Å². The molecule has 0 spiro atoms. The second kappa shape index (κ2) is 7.09. The van der Waals surface area contributed by atoms with E-state index in [1.165, 1.54) is 6.42 Å². The zero-order valence-corrected chi connectivity index (χ0v) is 12.9. The standard InChI is InChI=1S/C15H24N2O2S/c1-16-11-14-9-5-6-10-15(14)17-20(18,19)12-13-7-3-2-4-8-13/h5-6,9-10,13,16-17H,2-4,7-8,11-12H2,1H3. The average Bonchev–Trinajstić information content (AvgIpc) is 2.41. The van der Waals surface area contributed by atoms with Crippen LogP contribution in [0, 0.1) is 5.92 Å². The maximum absolute atomic E-state index is 12.3. The molecule has 0 heterocycles. The number of benzene rings is 1. The Morgan fingerprint density at radius 2 is 1.85 bits per heavy atom. The molecule has 1 aromatic carbocycles. The highest BCUT2D eigenvalue weighted by Crippen LogP contribution is 2.26. The summed E-state index contributed by atoms with van der Waals surface area (Å²) in [5, 5.41) is 3.06. The average molecular weight is 296 g/mol. The molecular weight excluding hydrogens is 272 g/mol. The van der Waals surface area contributed by atoms with Crippen molar-refractivity contribution >= 4 is 15.7 Å². The molecule has 1 saturated carbocycles. The Bertz CT molecular complexity index is 522. The molecule has 0 bridgehead atoms. The summed E-state index contributed by atoms with van der Waals surface area (Å²) in [5.74, 6) is 0.568. The Kier molecular flexibility index (Phi) is 5.43. The minimum absolute atomic E-state index is 0.251. The van der Waals surface area contributed by atoms with Crippen LogP contribution < -0.4 is 10.0 Å². The molecule has 0 aliphatic heterocycles. The highest BCUT2D eigenvalue weighted by molar-refractivity contribution is 7.92. The fourth-order valence-corrected chi connectivity index (χ4v) is 4.41. The van der Waals surface area contributed by atoms with Crippen molar-refractivity contribution in [2.45, 2.75) is 38.6 Å². The van der Waals surface area contributed by atoms with E-state index in [2.05, 4.69) is 10.0 Å². The van der Waals surface area contributed by atoms with Gasteiger partial charge in [0.05, 0.1) is 11.4 Å². The Balaban J connectivity index is 2.03. The van der Waals surface area contributed by atoms with Gasteiger partial charge in [-0.1, -0.05) is 37.5 Å². The minimum atomic E-state index is -3.25. The van der Waals surface area contributed by atoms with Crippen molar-refractivity contribution in [1.82, 2.24) is 5.32 Å². The number of hydrogen-bond acceptors (Lipinski definition) is 3. The quantitative estimate of drug-likeness (QED) is 0.848. The number of hydrogen-bond donors (Lipinski definition) is 2. The zero-order chi connectivity index (χ0) is 14.4. The van der Waals surface area contributed by atoms with Crippen LogP contribution >= 0.6 is 0 Å². The van der Waals surface area contributed by atoms with E-state index in [0.29, 0.717) is 18.2 Å². The van der Waals surface area contributed by atoms with E-state index in [0.717, 1.165) is 31.2 Å². The van der Waals surface area contributed by atoms with Gasteiger partial charge in [0.25, 0.3) is 0 Å². The van der Waals surface area contributed by atoms with Gasteiger partial charge >= 0.3 is 0 Å². The zero-order valence-electron chi connectivity index (χ0n) is 12.1. The van der Waals surface area contributed by atoms with Crippen molar-refractivity contribution in [2.24, 2.45) is 5.92 Å². The van der Waals surface area contributed by atoms with Crippen LogP contribution in [-0.4, -0.2) is 21.2 Å². The first kappa shape index (κ1) is 15.3. The molecule has 20 heavy (non-hydrogen) atoms. The fourth-order valence-electron chi connectivity index (χ4n) is 2.84. The first-order chi connectivity index (χ1) is 9.61. The maximum atomic E-state index is 12.3. The fraction of sp³-hybridized carbons (Fsp3) is 0.600. The summed E-state index contributed by atoms with van der Waals surface area (Å²) in [6, 6.07) is 7.54. The van der Waals surface area contributed by atoms with Gasteiger partial charge in [0.2, 0.25) is 10.0 Å². The molecule has 112 valence electrons. The first-order valence-corrected chi connectivity index (χ1v) is 8.99. The molecule has 0 aromatic heterocycles. The second-order valence-electron chi connectivity index (χ2n) is 5.57. The molecule has 0 unspecified atom stereocenters. The summed E-state index contributed by atoms with van der Waals surface area (Å²) in [6.45, 7) is 0.655. The molecule has 1 aliphatic rings.